The van der Waals surface area contributed by atoms with Crippen LogP contribution < -0.4 is 5.32 Å². The van der Waals surface area contributed by atoms with Crippen LogP contribution in [-0.4, -0.2) is 51.4 Å². The lowest BCUT2D eigenvalue weighted by atomic mass is 9.85. The van der Waals surface area contributed by atoms with Crippen molar-refractivity contribution in [3.05, 3.63) is 91.0 Å². The molecule has 0 amide bonds. The van der Waals surface area contributed by atoms with Crippen molar-refractivity contribution in [1.82, 2.24) is 5.32 Å². The maximum absolute atomic E-state index is 13.0. The highest BCUT2D eigenvalue weighted by Crippen LogP contribution is 2.47. The van der Waals surface area contributed by atoms with Crippen LogP contribution in [0.25, 0.3) is 0 Å². The van der Waals surface area contributed by atoms with Crippen LogP contribution in [0.5, 0.6) is 0 Å². The van der Waals surface area contributed by atoms with Gasteiger partial charge in [0.2, 0.25) is 0 Å². The number of unbranched alkanes of at least 4 members (excludes halogenated alkanes) is 5. The molecular weight excluding hydrogens is 704 g/mol. The molecule has 1 saturated heterocycles. The lowest BCUT2D eigenvalue weighted by Gasteiger charge is -2.18. The second kappa shape index (κ2) is 15.6. The number of nitrogens with zero attached hydrogens (tertiary/aromatic N) is 3. The molecule has 5 aliphatic heterocycles. The first-order valence-corrected chi connectivity index (χ1v) is 19.9. The first-order valence-electron chi connectivity index (χ1n) is 18.8. The molecule has 0 aromatic heterocycles. The van der Waals surface area contributed by atoms with Gasteiger partial charge < -0.3 is 20.3 Å². The maximum atomic E-state index is 13.0. The Balaban J connectivity index is 1.38. The van der Waals surface area contributed by atoms with Crippen molar-refractivity contribution >= 4 is 39.0 Å². The van der Waals surface area contributed by atoms with Gasteiger partial charge in [-0.15, -0.1) is 0 Å². The monoisotopic (exact) mass is 756 g/mol. The van der Waals surface area contributed by atoms with E-state index in [1.807, 2.05) is 26.0 Å². The summed E-state index contributed by atoms with van der Waals surface area (Å²) in [5, 5.41) is 27.3. The summed E-state index contributed by atoms with van der Waals surface area (Å²) in [6.07, 6.45) is 12.2. The summed E-state index contributed by atoms with van der Waals surface area (Å²) >= 11 is 3.49. The van der Waals surface area contributed by atoms with Crippen molar-refractivity contribution in [2.45, 2.75) is 119 Å². The van der Waals surface area contributed by atoms with E-state index in [-0.39, 0.29) is 17.8 Å². The van der Waals surface area contributed by atoms with Crippen LogP contribution >= 0.6 is 15.9 Å². The number of hydrogen-bond donors (Lipinski definition) is 3. The number of aliphatic imine (C=N–C) groups is 3. The Kier molecular flexibility index (Phi) is 11.4. The Hall–Kier alpha value is -3.56. The summed E-state index contributed by atoms with van der Waals surface area (Å²) in [5.74, 6) is 0.174. The highest BCUT2D eigenvalue weighted by molar-refractivity contribution is 9.09. The van der Waals surface area contributed by atoms with Crippen molar-refractivity contribution in [3.63, 3.8) is 0 Å². The lowest BCUT2D eigenvalue weighted by molar-refractivity contribution is -0.144. The fourth-order valence-electron chi connectivity index (χ4n) is 8.51. The number of esters is 1. The summed E-state index contributed by atoms with van der Waals surface area (Å²) in [6, 6.07) is 0. The molecule has 1 aliphatic carbocycles. The van der Waals surface area contributed by atoms with E-state index < -0.39 is 6.10 Å². The third kappa shape index (κ3) is 7.13. The van der Waals surface area contributed by atoms with Gasteiger partial charge in [-0.3, -0.25) is 4.79 Å². The van der Waals surface area contributed by atoms with E-state index in [1.54, 1.807) is 6.92 Å². The molecule has 6 rings (SSSR count). The van der Waals surface area contributed by atoms with Gasteiger partial charge >= 0.3 is 5.97 Å². The first-order chi connectivity index (χ1) is 24.5. The van der Waals surface area contributed by atoms with Gasteiger partial charge in [0.1, 0.15) is 5.76 Å². The van der Waals surface area contributed by atoms with Crippen LogP contribution in [0.2, 0.25) is 0 Å². The zero-order valence-corrected chi connectivity index (χ0v) is 32.9. The quantitative estimate of drug-likeness (QED) is 0.0984. The van der Waals surface area contributed by atoms with E-state index in [9.17, 15) is 15.0 Å². The minimum atomic E-state index is -0.710. The zero-order chi connectivity index (χ0) is 36.6. The van der Waals surface area contributed by atoms with Crippen LogP contribution in [0.15, 0.2) is 106 Å². The largest absolute Gasteiger partial charge is 0.511 e. The fraction of sp³-hybridized carbons (Fsp3) is 0.524. The van der Waals surface area contributed by atoms with Gasteiger partial charge in [-0.25, -0.2) is 15.0 Å². The van der Waals surface area contributed by atoms with Crippen LogP contribution in [0.3, 0.4) is 0 Å². The molecule has 6 aliphatic rings. The van der Waals surface area contributed by atoms with Gasteiger partial charge in [0, 0.05) is 58.1 Å². The Morgan fingerprint density at radius 3 is 2.37 bits per heavy atom. The predicted octanol–water partition coefficient (Wildman–Crippen LogP) is 9.49. The molecule has 5 heterocycles. The standard InChI is InChI=1S/C42H53BrN4O4/c1-8-28-22(2)31-21-34-37(27(7)48)25(5)40(46-34)26(6)39-23(3)29(15-16-36(50)51-18-14-12-10-9-11-13-17-43)41(47-39)30-19-35(49)38-24(4)32(45-42(30)38)20-33(28)44-31/h20-21,23,27,29,47-49H,8-19H2,1-7H3/t23-,27?,29-/m0/s1. The normalized spacial score (nSPS) is 23.4. The number of fused-ring (bicyclic) bond motifs is 5. The number of alkyl halides is 1. The number of allylic oxidation sites excluding steroid dienone is 11. The van der Waals surface area contributed by atoms with Crippen LogP contribution in [-0.2, 0) is 9.53 Å². The lowest BCUT2D eigenvalue weighted by Crippen LogP contribution is -2.16. The number of hydrogen-bond acceptors (Lipinski definition) is 8. The molecule has 272 valence electrons. The molecule has 0 aromatic carbocycles. The molecule has 0 spiro atoms. The number of carbonyl (C=O) groups excluding carboxylic acids is 1. The second-order valence-corrected chi connectivity index (χ2v) is 15.5. The Labute approximate surface area is 311 Å². The third-order valence-corrected chi connectivity index (χ3v) is 11.9. The summed E-state index contributed by atoms with van der Waals surface area (Å²) in [5.41, 5.74) is 14.6. The van der Waals surface area contributed by atoms with Crippen LogP contribution in [0, 0.1) is 11.8 Å². The minimum absolute atomic E-state index is 0.0171. The van der Waals surface area contributed by atoms with Gasteiger partial charge in [0.05, 0.1) is 46.9 Å². The molecule has 1 unspecified atom stereocenters. The van der Waals surface area contributed by atoms with E-state index >= 15 is 0 Å². The van der Waals surface area contributed by atoms with Crippen molar-refractivity contribution < 1.29 is 19.7 Å². The molecule has 1 fully saturated rings. The number of nitrogens with one attached hydrogen (secondary N) is 1. The molecule has 0 radical (unpaired) electrons. The molecule has 8 bridgehead atoms. The molecule has 3 atom stereocenters. The van der Waals surface area contributed by atoms with E-state index in [2.05, 4.69) is 48.9 Å². The molecule has 51 heavy (non-hydrogen) atoms. The van der Waals surface area contributed by atoms with Crippen molar-refractivity contribution in [1.29, 1.82) is 0 Å². The summed E-state index contributed by atoms with van der Waals surface area (Å²) in [6.45, 7) is 14.8. The van der Waals surface area contributed by atoms with Crippen molar-refractivity contribution in [3.8, 4) is 0 Å². The number of ether oxygens (including phenoxy) is 1. The van der Waals surface area contributed by atoms with Gasteiger partial charge in [-0.05, 0) is 100 Å². The predicted molar refractivity (Wildman–Crippen MR) is 210 cm³/mol. The highest BCUT2D eigenvalue weighted by Gasteiger charge is 2.42. The van der Waals surface area contributed by atoms with Crippen molar-refractivity contribution in [2.24, 2.45) is 26.8 Å². The van der Waals surface area contributed by atoms with Gasteiger partial charge in [0.25, 0.3) is 0 Å². The number of aliphatic hydroxyl groups is 2. The minimum Gasteiger partial charge on any atom is -0.511 e. The van der Waals surface area contributed by atoms with Crippen LogP contribution in [0.1, 0.15) is 113 Å². The Morgan fingerprint density at radius 2 is 1.67 bits per heavy atom. The summed E-state index contributed by atoms with van der Waals surface area (Å²) in [4.78, 5) is 28.5. The van der Waals surface area contributed by atoms with Crippen LogP contribution in [0.4, 0.5) is 0 Å². The molecule has 9 heteroatoms. The van der Waals surface area contributed by atoms with Gasteiger partial charge in [0.15, 0.2) is 0 Å². The molecule has 3 N–H and O–H groups in total. The maximum Gasteiger partial charge on any atom is 0.305 e. The van der Waals surface area contributed by atoms with E-state index in [0.717, 1.165) is 115 Å². The van der Waals surface area contributed by atoms with Gasteiger partial charge in [-0.2, -0.15) is 0 Å². The second-order valence-electron chi connectivity index (χ2n) is 14.7. The topological polar surface area (TPSA) is 116 Å². The molecule has 8 nitrogen and oxygen atoms in total. The average molecular weight is 758 g/mol. The SMILES string of the molecule is CCC1=C(C)C2=NC1=CC1=C(C)C3=C(O)CC(=C4NC(=C(C)C5=NC(=C2)C(C(C)O)=C5C)[C@@H](C)[C@@H]4CCC(=O)OCCCCCCCCBr)C3=N1. The average Bonchev–Trinajstić information content (AvgIpc) is 3.86. The van der Waals surface area contributed by atoms with E-state index in [4.69, 9.17) is 19.7 Å². The molecular formula is C42H53BrN4O4. The van der Waals surface area contributed by atoms with E-state index in [0.29, 0.717) is 31.6 Å². The smallest absolute Gasteiger partial charge is 0.305 e. The summed E-state index contributed by atoms with van der Waals surface area (Å²) < 4.78 is 5.70. The number of halogens is 1. The molecule has 0 aromatic rings. The Bertz CT molecular complexity index is 1870. The van der Waals surface area contributed by atoms with Gasteiger partial charge in [-0.1, -0.05) is 55.5 Å². The summed E-state index contributed by atoms with van der Waals surface area (Å²) in [7, 11) is 0. The molecule has 0 saturated carbocycles. The number of aliphatic hydroxyl groups excluding tert-OH is 2. The highest BCUT2D eigenvalue weighted by atomic mass is 79.9. The fourth-order valence-corrected chi connectivity index (χ4v) is 8.91. The zero-order valence-electron chi connectivity index (χ0n) is 31.3. The first kappa shape index (κ1) is 37.2. The van der Waals surface area contributed by atoms with E-state index in [1.165, 1.54) is 25.7 Å². The number of rotatable bonds is 13. The Morgan fingerprint density at radius 1 is 0.941 bits per heavy atom. The van der Waals surface area contributed by atoms with Crippen molar-refractivity contribution in [2.75, 3.05) is 11.9 Å². The third-order valence-electron chi connectivity index (χ3n) is 11.4. The number of carbonyl (C=O) groups is 1.